The summed E-state index contributed by atoms with van der Waals surface area (Å²) in [5.74, 6) is 0.688. The number of aromatic nitrogens is 2. The fraction of sp³-hybridized carbons (Fsp3) is 0.429. The van der Waals surface area contributed by atoms with Crippen LogP contribution >= 0.6 is 34.9 Å². The van der Waals surface area contributed by atoms with E-state index in [1.807, 2.05) is 6.26 Å². The summed E-state index contributed by atoms with van der Waals surface area (Å²) in [5.41, 5.74) is 1.32. The van der Waals surface area contributed by atoms with Crippen LogP contribution in [0.1, 0.15) is 19.4 Å². The highest BCUT2D eigenvalue weighted by Gasteiger charge is 2.05. The summed E-state index contributed by atoms with van der Waals surface area (Å²) in [4.78, 5) is 1.21. The molecular formula is C14H19N3S3. The molecule has 0 aliphatic rings. The molecule has 0 atom stereocenters. The third-order valence-corrected chi connectivity index (χ3v) is 5.53. The van der Waals surface area contributed by atoms with Crippen LogP contribution in [0.25, 0.3) is 0 Å². The molecule has 2 aromatic rings. The van der Waals surface area contributed by atoms with Gasteiger partial charge >= 0.3 is 0 Å². The summed E-state index contributed by atoms with van der Waals surface area (Å²) in [6, 6.07) is 8.65. The molecule has 0 bridgehead atoms. The number of nitrogens with one attached hydrogen (secondary N) is 1. The van der Waals surface area contributed by atoms with Gasteiger partial charge in [-0.1, -0.05) is 60.8 Å². The van der Waals surface area contributed by atoms with Crippen LogP contribution in [0.3, 0.4) is 0 Å². The van der Waals surface area contributed by atoms with Crippen molar-refractivity contribution >= 4 is 34.9 Å². The largest absolute Gasteiger partial charge is 0.312 e. The first kappa shape index (κ1) is 15.8. The van der Waals surface area contributed by atoms with E-state index < -0.39 is 0 Å². The van der Waals surface area contributed by atoms with Gasteiger partial charge in [0.05, 0.1) is 0 Å². The minimum atomic E-state index is 0.688. The molecule has 1 N–H and O–H groups in total. The quantitative estimate of drug-likeness (QED) is 0.774. The molecule has 3 nitrogen and oxygen atoms in total. The molecule has 2 rings (SSSR count). The van der Waals surface area contributed by atoms with Crippen molar-refractivity contribution in [3.8, 4) is 0 Å². The van der Waals surface area contributed by atoms with Crippen molar-refractivity contribution in [1.82, 2.24) is 15.5 Å². The molecule has 1 aromatic heterocycles. The first-order chi connectivity index (χ1) is 9.67. The first-order valence-electron chi connectivity index (χ1n) is 6.52. The van der Waals surface area contributed by atoms with Gasteiger partial charge in [0.2, 0.25) is 0 Å². The standard InChI is InChI=1S/C14H19N3S3/c1-10(2)8-15-9-11-4-6-12(7-5-11)19-14-17-16-13(18-3)20-14/h4-7,10,15H,8-9H2,1-3H3. The zero-order valence-corrected chi connectivity index (χ0v) is 14.4. The third-order valence-electron chi connectivity index (χ3n) is 2.57. The van der Waals surface area contributed by atoms with Crippen molar-refractivity contribution in [1.29, 1.82) is 0 Å². The average molecular weight is 326 g/mol. The SMILES string of the molecule is CSc1nnc(Sc2ccc(CNCC(C)C)cc2)s1. The third kappa shape index (κ3) is 5.09. The molecule has 0 unspecified atom stereocenters. The zero-order valence-electron chi connectivity index (χ0n) is 11.9. The van der Waals surface area contributed by atoms with Crippen LogP contribution in [0.4, 0.5) is 0 Å². The predicted octanol–water partition coefficient (Wildman–Crippen LogP) is 4.16. The van der Waals surface area contributed by atoms with Crippen molar-refractivity contribution in [2.45, 2.75) is 34.0 Å². The number of hydrogen-bond acceptors (Lipinski definition) is 6. The minimum absolute atomic E-state index is 0.688. The van der Waals surface area contributed by atoms with E-state index in [4.69, 9.17) is 0 Å². The summed E-state index contributed by atoms with van der Waals surface area (Å²) in [7, 11) is 0. The second kappa shape index (κ2) is 8.02. The summed E-state index contributed by atoms with van der Waals surface area (Å²) in [6.45, 7) is 6.42. The minimum Gasteiger partial charge on any atom is -0.312 e. The van der Waals surface area contributed by atoms with Crippen LogP contribution in [-0.2, 0) is 6.54 Å². The van der Waals surface area contributed by atoms with E-state index >= 15 is 0 Å². The Kier molecular flexibility index (Phi) is 6.35. The van der Waals surface area contributed by atoms with Gasteiger partial charge < -0.3 is 5.32 Å². The Balaban J connectivity index is 1.87. The van der Waals surface area contributed by atoms with Gasteiger partial charge in [-0.05, 0) is 36.4 Å². The molecule has 0 aliphatic carbocycles. The van der Waals surface area contributed by atoms with E-state index in [9.17, 15) is 0 Å². The second-order valence-electron chi connectivity index (χ2n) is 4.81. The van der Waals surface area contributed by atoms with E-state index in [0.29, 0.717) is 5.92 Å². The second-order valence-corrected chi connectivity index (χ2v) is 8.16. The number of hydrogen-bond donors (Lipinski definition) is 1. The Labute approximate surface area is 133 Å². The van der Waals surface area contributed by atoms with Crippen molar-refractivity contribution < 1.29 is 0 Å². The van der Waals surface area contributed by atoms with Crippen molar-refractivity contribution in [2.24, 2.45) is 5.92 Å². The summed E-state index contributed by atoms with van der Waals surface area (Å²) in [5, 5.41) is 11.7. The van der Waals surface area contributed by atoms with Gasteiger partial charge in [0.15, 0.2) is 8.68 Å². The Morgan fingerprint density at radius 2 is 1.85 bits per heavy atom. The average Bonchev–Trinajstić information content (AvgIpc) is 2.88. The van der Waals surface area contributed by atoms with E-state index in [2.05, 4.69) is 53.6 Å². The lowest BCUT2D eigenvalue weighted by atomic mass is 10.2. The number of rotatable bonds is 7. The molecule has 20 heavy (non-hydrogen) atoms. The maximum absolute atomic E-state index is 4.17. The summed E-state index contributed by atoms with van der Waals surface area (Å²) in [6.07, 6.45) is 2.02. The molecule has 0 saturated heterocycles. The molecule has 0 radical (unpaired) electrons. The predicted molar refractivity (Wildman–Crippen MR) is 88.8 cm³/mol. The number of nitrogens with zero attached hydrogens (tertiary/aromatic N) is 2. The molecular weight excluding hydrogens is 306 g/mol. The van der Waals surface area contributed by atoms with Gasteiger partial charge in [-0.2, -0.15) is 0 Å². The van der Waals surface area contributed by atoms with E-state index in [0.717, 1.165) is 21.8 Å². The Morgan fingerprint density at radius 3 is 2.45 bits per heavy atom. The molecule has 0 aliphatic heterocycles. The van der Waals surface area contributed by atoms with Crippen molar-refractivity contribution in [3.05, 3.63) is 29.8 Å². The van der Waals surface area contributed by atoms with E-state index in [1.54, 1.807) is 34.9 Å². The van der Waals surface area contributed by atoms with Gasteiger partial charge in [0.25, 0.3) is 0 Å². The number of benzene rings is 1. The van der Waals surface area contributed by atoms with E-state index in [-0.39, 0.29) is 0 Å². The van der Waals surface area contributed by atoms with Crippen molar-refractivity contribution in [2.75, 3.05) is 12.8 Å². The van der Waals surface area contributed by atoms with Gasteiger partial charge in [-0.3, -0.25) is 0 Å². The lowest BCUT2D eigenvalue weighted by Gasteiger charge is -2.07. The van der Waals surface area contributed by atoms with E-state index in [1.165, 1.54) is 10.5 Å². The normalized spacial score (nSPS) is 11.2. The zero-order chi connectivity index (χ0) is 14.4. The van der Waals surface area contributed by atoms with Crippen LogP contribution in [0.5, 0.6) is 0 Å². The van der Waals surface area contributed by atoms with Crippen LogP contribution in [-0.4, -0.2) is 23.0 Å². The van der Waals surface area contributed by atoms with Crippen LogP contribution in [0, 0.1) is 5.92 Å². The molecule has 0 fully saturated rings. The topological polar surface area (TPSA) is 37.8 Å². The lowest BCUT2D eigenvalue weighted by molar-refractivity contribution is 0.552. The Bertz CT molecular complexity index is 523. The Morgan fingerprint density at radius 1 is 1.15 bits per heavy atom. The molecule has 1 aromatic carbocycles. The lowest BCUT2D eigenvalue weighted by Crippen LogP contribution is -2.18. The fourth-order valence-electron chi connectivity index (χ4n) is 1.60. The molecule has 0 amide bonds. The van der Waals surface area contributed by atoms with Gasteiger partial charge in [-0.25, -0.2) is 0 Å². The monoisotopic (exact) mass is 325 g/mol. The molecule has 6 heteroatoms. The number of thioether (sulfide) groups is 1. The molecule has 1 heterocycles. The van der Waals surface area contributed by atoms with Crippen LogP contribution < -0.4 is 5.32 Å². The van der Waals surface area contributed by atoms with Gasteiger partial charge in [0.1, 0.15) is 0 Å². The van der Waals surface area contributed by atoms with Crippen LogP contribution in [0.2, 0.25) is 0 Å². The Hall–Kier alpha value is -0.560. The highest BCUT2D eigenvalue weighted by atomic mass is 32.2. The smallest absolute Gasteiger partial charge is 0.179 e. The maximum atomic E-state index is 4.17. The molecule has 0 saturated carbocycles. The molecule has 0 spiro atoms. The highest BCUT2D eigenvalue weighted by molar-refractivity contribution is 8.03. The summed E-state index contributed by atoms with van der Waals surface area (Å²) >= 11 is 4.95. The summed E-state index contributed by atoms with van der Waals surface area (Å²) < 4.78 is 2.02. The highest BCUT2D eigenvalue weighted by Crippen LogP contribution is 2.32. The van der Waals surface area contributed by atoms with Crippen LogP contribution in [0.15, 0.2) is 37.8 Å². The maximum Gasteiger partial charge on any atom is 0.179 e. The fourth-order valence-corrected chi connectivity index (χ4v) is 4.01. The van der Waals surface area contributed by atoms with Gasteiger partial charge in [0, 0.05) is 11.4 Å². The van der Waals surface area contributed by atoms with Crippen molar-refractivity contribution in [3.63, 3.8) is 0 Å². The van der Waals surface area contributed by atoms with Gasteiger partial charge in [-0.15, -0.1) is 10.2 Å². The first-order valence-corrected chi connectivity index (χ1v) is 9.38. The molecule has 108 valence electrons.